The first-order valence-electron chi connectivity index (χ1n) is 5.70. The normalized spacial score (nSPS) is 11.7. The van der Waals surface area contributed by atoms with Crippen LogP contribution in [0.5, 0.6) is 0 Å². The summed E-state index contributed by atoms with van der Waals surface area (Å²) in [6.07, 6.45) is 3.38. The first-order chi connectivity index (χ1) is 8.37. The van der Waals surface area contributed by atoms with Crippen LogP contribution in [0.4, 0.5) is 0 Å². The van der Waals surface area contributed by atoms with Crippen molar-refractivity contribution in [3.8, 4) is 0 Å². The molecule has 5 nitrogen and oxygen atoms in total. The summed E-state index contributed by atoms with van der Waals surface area (Å²) in [5.74, 6) is -0.0590. The number of rotatable bonds is 2. The topological polar surface area (TPSA) is 62.7 Å². The minimum atomic E-state index is -0.243. The molecule has 0 aliphatic rings. The molecule has 0 saturated carbocycles. The average molecular weight is 264 g/mol. The van der Waals surface area contributed by atoms with E-state index in [9.17, 15) is 4.79 Å². The molecule has 96 valence electrons. The molecule has 2 rings (SSSR count). The molecule has 0 spiro atoms. The molecule has 0 aliphatic carbocycles. The van der Waals surface area contributed by atoms with Gasteiger partial charge in [0.05, 0.1) is 17.2 Å². The molecule has 2 N–H and O–H groups in total. The Balaban J connectivity index is 2.30. The number of H-pyrrole nitrogens is 1. The zero-order valence-electron chi connectivity index (χ0n) is 10.7. The Bertz CT molecular complexity index is 635. The van der Waals surface area contributed by atoms with Crippen molar-refractivity contribution in [3.05, 3.63) is 23.2 Å². The van der Waals surface area contributed by atoms with Crippen LogP contribution >= 0.6 is 12.2 Å². The predicted octanol–water partition coefficient (Wildman–Crippen LogP) is 2.01. The highest BCUT2D eigenvalue weighted by atomic mass is 32.1. The molecule has 18 heavy (non-hydrogen) atoms. The number of aromatic nitrogens is 3. The van der Waals surface area contributed by atoms with Crippen LogP contribution in [0.2, 0.25) is 0 Å². The van der Waals surface area contributed by atoms with Crippen molar-refractivity contribution < 1.29 is 4.79 Å². The van der Waals surface area contributed by atoms with E-state index in [1.54, 1.807) is 17.0 Å². The number of fused-ring (bicyclic) bond motifs is 1. The largest absolute Gasteiger partial charge is 0.350 e. The molecule has 0 aromatic carbocycles. The maximum absolute atomic E-state index is 11.9. The van der Waals surface area contributed by atoms with Gasteiger partial charge in [0.1, 0.15) is 6.54 Å². The van der Waals surface area contributed by atoms with E-state index >= 15 is 0 Å². The Hall–Kier alpha value is -1.69. The number of hydrogen-bond acceptors (Lipinski definition) is 3. The maximum atomic E-state index is 11.9. The van der Waals surface area contributed by atoms with Crippen molar-refractivity contribution in [2.75, 3.05) is 0 Å². The molecule has 0 saturated heterocycles. The van der Waals surface area contributed by atoms with Crippen molar-refractivity contribution in [1.82, 2.24) is 19.9 Å². The molecular formula is C12H16N4OS. The van der Waals surface area contributed by atoms with E-state index in [0.29, 0.717) is 4.77 Å². The minimum Gasteiger partial charge on any atom is -0.350 e. The Morgan fingerprint density at radius 1 is 1.56 bits per heavy atom. The highest BCUT2D eigenvalue weighted by Crippen LogP contribution is 2.12. The van der Waals surface area contributed by atoms with Gasteiger partial charge in [0.2, 0.25) is 5.91 Å². The Morgan fingerprint density at radius 3 is 2.94 bits per heavy atom. The molecule has 0 fully saturated rings. The molecule has 0 atom stereocenters. The van der Waals surface area contributed by atoms with Gasteiger partial charge in [-0.1, -0.05) is 0 Å². The summed E-state index contributed by atoms with van der Waals surface area (Å²) in [7, 11) is 0. The lowest BCUT2D eigenvalue weighted by atomic mass is 10.1. The van der Waals surface area contributed by atoms with E-state index in [-0.39, 0.29) is 18.0 Å². The molecule has 0 aliphatic heterocycles. The minimum absolute atomic E-state index is 0.0590. The number of hydrogen-bond donors (Lipinski definition) is 2. The fourth-order valence-electron chi connectivity index (χ4n) is 1.77. The number of imidazole rings is 1. The van der Waals surface area contributed by atoms with Crippen molar-refractivity contribution in [3.63, 3.8) is 0 Å². The third-order valence-corrected chi connectivity index (χ3v) is 2.71. The summed E-state index contributed by atoms with van der Waals surface area (Å²) in [6, 6.07) is 1.84. The van der Waals surface area contributed by atoms with E-state index in [2.05, 4.69) is 15.3 Å². The van der Waals surface area contributed by atoms with Crippen molar-refractivity contribution in [2.45, 2.75) is 32.9 Å². The molecule has 1 amide bonds. The van der Waals surface area contributed by atoms with Gasteiger partial charge in [0.15, 0.2) is 4.77 Å². The van der Waals surface area contributed by atoms with Gasteiger partial charge in [-0.15, -0.1) is 0 Å². The predicted molar refractivity (Wildman–Crippen MR) is 72.8 cm³/mol. The third-order valence-electron chi connectivity index (χ3n) is 2.39. The quantitative estimate of drug-likeness (QED) is 0.816. The number of carbonyl (C=O) groups excluding carboxylic acids is 1. The zero-order valence-corrected chi connectivity index (χ0v) is 11.5. The van der Waals surface area contributed by atoms with E-state index in [0.717, 1.165) is 11.0 Å². The van der Waals surface area contributed by atoms with Crippen molar-refractivity contribution in [2.24, 2.45) is 0 Å². The molecule has 2 aromatic heterocycles. The highest BCUT2D eigenvalue weighted by Gasteiger charge is 2.15. The molecule has 2 heterocycles. The highest BCUT2D eigenvalue weighted by molar-refractivity contribution is 7.71. The SMILES string of the molecule is CC(C)(C)NC(=O)Cn1c(=S)[nH]c2cnccc21. The van der Waals surface area contributed by atoms with Crippen LogP contribution < -0.4 is 5.32 Å². The van der Waals surface area contributed by atoms with Crippen molar-refractivity contribution in [1.29, 1.82) is 0 Å². The second-order valence-electron chi connectivity index (χ2n) is 5.21. The first-order valence-corrected chi connectivity index (χ1v) is 6.11. The molecule has 6 heteroatoms. The standard InChI is InChI=1S/C12H16N4OS/c1-12(2,3)15-10(17)7-16-9-4-5-13-6-8(9)14-11(16)18/h4-6H,7H2,1-3H3,(H,14,18)(H,15,17). The fourth-order valence-corrected chi connectivity index (χ4v) is 2.04. The van der Waals surface area contributed by atoms with Crippen LogP contribution in [0.25, 0.3) is 11.0 Å². The second kappa shape index (κ2) is 4.53. The first kappa shape index (κ1) is 12.8. The Morgan fingerprint density at radius 2 is 2.28 bits per heavy atom. The van der Waals surface area contributed by atoms with Crippen molar-refractivity contribution >= 4 is 29.2 Å². The van der Waals surface area contributed by atoms with E-state index < -0.39 is 0 Å². The Labute approximate surface area is 110 Å². The number of nitrogens with zero attached hydrogens (tertiary/aromatic N) is 2. The number of nitrogens with one attached hydrogen (secondary N) is 2. The summed E-state index contributed by atoms with van der Waals surface area (Å²) < 4.78 is 2.30. The zero-order chi connectivity index (χ0) is 13.3. The van der Waals surface area contributed by atoms with Crippen LogP contribution in [0.1, 0.15) is 20.8 Å². The summed E-state index contributed by atoms with van der Waals surface area (Å²) >= 11 is 5.21. The van der Waals surface area contributed by atoms with Gasteiger partial charge < -0.3 is 14.9 Å². The van der Waals surface area contributed by atoms with Gasteiger partial charge in [-0.3, -0.25) is 9.78 Å². The van der Waals surface area contributed by atoms with Gasteiger partial charge in [-0.05, 0) is 39.1 Å². The third kappa shape index (κ3) is 2.76. The van der Waals surface area contributed by atoms with Gasteiger partial charge in [0, 0.05) is 11.7 Å². The van der Waals surface area contributed by atoms with E-state index in [1.165, 1.54) is 0 Å². The lowest BCUT2D eigenvalue weighted by Gasteiger charge is -2.20. The van der Waals surface area contributed by atoms with Gasteiger partial charge in [-0.25, -0.2) is 0 Å². The summed E-state index contributed by atoms with van der Waals surface area (Å²) in [5, 5.41) is 2.91. The number of carbonyl (C=O) groups is 1. The van der Waals surface area contributed by atoms with Crippen LogP contribution in [0, 0.1) is 4.77 Å². The van der Waals surface area contributed by atoms with Crippen LogP contribution in [-0.4, -0.2) is 26.0 Å². The summed E-state index contributed by atoms with van der Waals surface area (Å²) in [6.45, 7) is 6.05. The monoisotopic (exact) mass is 264 g/mol. The average Bonchev–Trinajstić information content (AvgIpc) is 2.53. The second-order valence-corrected chi connectivity index (χ2v) is 5.59. The number of amides is 1. The summed E-state index contributed by atoms with van der Waals surface area (Å²) in [4.78, 5) is 19.0. The lowest BCUT2D eigenvalue weighted by molar-refractivity contribution is -0.123. The van der Waals surface area contributed by atoms with Crippen LogP contribution in [0.3, 0.4) is 0 Å². The molecule has 2 aromatic rings. The van der Waals surface area contributed by atoms with Gasteiger partial charge >= 0.3 is 0 Å². The molecule has 0 radical (unpaired) electrons. The maximum Gasteiger partial charge on any atom is 0.240 e. The van der Waals surface area contributed by atoms with Crippen LogP contribution in [-0.2, 0) is 11.3 Å². The molecular weight excluding hydrogens is 248 g/mol. The van der Waals surface area contributed by atoms with E-state index in [4.69, 9.17) is 12.2 Å². The number of aromatic amines is 1. The number of pyridine rings is 1. The molecule has 0 bridgehead atoms. The smallest absolute Gasteiger partial charge is 0.240 e. The van der Waals surface area contributed by atoms with Gasteiger partial charge in [-0.2, -0.15) is 0 Å². The van der Waals surface area contributed by atoms with Crippen LogP contribution in [0.15, 0.2) is 18.5 Å². The molecule has 0 unspecified atom stereocenters. The fraction of sp³-hybridized carbons (Fsp3) is 0.417. The van der Waals surface area contributed by atoms with E-state index in [1.807, 2.05) is 26.8 Å². The summed E-state index contributed by atoms with van der Waals surface area (Å²) in [5.41, 5.74) is 1.48. The van der Waals surface area contributed by atoms with Gasteiger partial charge in [0.25, 0.3) is 0 Å². The Kier molecular flexibility index (Phi) is 3.21. The lowest BCUT2D eigenvalue weighted by Crippen LogP contribution is -2.42.